The second kappa shape index (κ2) is 7.99. The third-order valence-electron chi connectivity index (χ3n) is 4.94. The molecule has 4 heteroatoms. The molecule has 0 radical (unpaired) electrons. The Hall–Kier alpha value is -0.610. The van der Waals surface area contributed by atoms with Gasteiger partial charge in [-0.3, -0.25) is 4.79 Å². The maximum absolute atomic E-state index is 10.9. The average molecular weight is 282 g/mol. The first kappa shape index (κ1) is 15.8. The lowest BCUT2D eigenvalue weighted by Gasteiger charge is -2.38. The average Bonchev–Trinajstić information content (AvgIpc) is 2.45. The number of rotatable bonds is 6. The van der Waals surface area contributed by atoms with Gasteiger partial charge in [0.1, 0.15) is 0 Å². The molecule has 116 valence electrons. The zero-order valence-electron chi connectivity index (χ0n) is 12.8. The van der Waals surface area contributed by atoms with E-state index in [4.69, 9.17) is 5.11 Å². The van der Waals surface area contributed by atoms with Crippen LogP contribution in [0, 0.1) is 11.8 Å². The molecule has 0 spiro atoms. The predicted molar refractivity (Wildman–Crippen MR) is 80.8 cm³/mol. The van der Waals surface area contributed by atoms with E-state index in [1.54, 1.807) is 0 Å². The van der Waals surface area contributed by atoms with Crippen molar-refractivity contribution in [3.05, 3.63) is 0 Å². The van der Waals surface area contributed by atoms with Crippen LogP contribution in [0.15, 0.2) is 0 Å². The Morgan fingerprint density at radius 1 is 1.20 bits per heavy atom. The van der Waals surface area contributed by atoms with Crippen molar-refractivity contribution in [2.24, 2.45) is 11.8 Å². The summed E-state index contributed by atoms with van der Waals surface area (Å²) in [4.78, 5) is 13.3. The fraction of sp³-hybridized carbons (Fsp3) is 0.938. The number of piperidine rings is 1. The van der Waals surface area contributed by atoms with Gasteiger partial charge in [0, 0.05) is 25.6 Å². The van der Waals surface area contributed by atoms with Crippen molar-refractivity contribution in [1.29, 1.82) is 0 Å². The Morgan fingerprint density at radius 2 is 1.95 bits per heavy atom. The van der Waals surface area contributed by atoms with Crippen molar-refractivity contribution in [3.63, 3.8) is 0 Å². The van der Waals surface area contributed by atoms with Crippen molar-refractivity contribution in [2.75, 3.05) is 26.2 Å². The molecule has 2 unspecified atom stereocenters. The van der Waals surface area contributed by atoms with E-state index in [-0.39, 0.29) is 0 Å². The fourth-order valence-corrected chi connectivity index (χ4v) is 3.83. The summed E-state index contributed by atoms with van der Waals surface area (Å²) < 4.78 is 0. The summed E-state index contributed by atoms with van der Waals surface area (Å²) in [5.41, 5.74) is 0. The third-order valence-corrected chi connectivity index (χ3v) is 4.94. The highest BCUT2D eigenvalue weighted by molar-refractivity contribution is 5.67. The van der Waals surface area contributed by atoms with Crippen LogP contribution < -0.4 is 5.32 Å². The van der Waals surface area contributed by atoms with Gasteiger partial charge >= 0.3 is 5.97 Å². The molecule has 2 fully saturated rings. The highest BCUT2D eigenvalue weighted by Crippen LogP contribution is 2.24. The molecule has 2 atom stereocenters. The van der Waals surface area contributed by atoms with Crippen LogP contribution in [0.3, 0.4) is 0 Å². The van der Waals surface area contributed by atoms with Crippen LogP contribution in [-0.4, -0.2) is 48.2 Å². The second-order valence-corrected chi connectivity index (χ2v) is 6.66. The van der Waals surface area contributed by atoms with E-state index >= 15 is 0 Å². The predicted octanol–water partition coefficient (Wildman–Crippen LogP) is 2.34. The van der Waals surface area contributed by atoms with Gasteiger partial charge in [0.15, 0.2) is 0 Å². The Morgan fingerprint density at radius 3 is 2.60 bits per heavy atom. The molecule has 0 aromatic rings. The van der Waals surface area contributed by atoms with Crippen LogP contribution in [0.5, 0.6) is 0 Å². The van der Waals surface area contributed by atoms with Gasteiger partial charge in [0.05, 0.1) is 0 Å². The topological polar surface area (TPSA) is 52.6 Å². The van der Waals surface area contributed by atoms with E-state index in [0.717, 1.165) is 38.5 Å². The van der Waals surface area contributed by atoms with E-state index < -0.39 is 5.97 Å². The number of nitrogens with one attached hydrogen (secondary N) is 1. The molecule has 2 aliphatic rings. The Kier molecular flexibility index (Phi) is 6.30. The van der Waals surface area contributed by atoms with Crippen LogP contribution >= 0.6 is 0 Å². The molecule has 0 bridgehead atoms. The van der Waals surface area contributed by atoms with Crippen LogP contribution in [-0.2, 0) is 4.79 Å². The lowest BCUT2D eigenvalue weighted by Crippen LogP contribution is -2.50. The number of nitrogens with zero attached hydrogens (tertiary/aromatic N) is 1. The summed E-state index contributed by atoms with van der Waals surface area (Å²) in [6.45, 7) is 6.35. The van der Waals surface area contributed by atoms with E-state index in [2.05, 4.69) is 17.1 Å². The number of hydrogen-bond donors (Lipinski definition) is 2. The van der Waals surface area contributed by atoms with E-state index in [1.165, 1.54) is 32.1 Å². The smallest absolute Gasteiger partial charge is 0.303 e. The number of carboxylic acid groups (broad SMARTS) is 1. The molecule has 1 saturated heterocycles. The fourth-order valence-electron chi connectivity index (χ4n) is 3.83. The van der Waals surface area contributed by atoms with Crippen LogP contribution in [0.4, 0.5) is 0 Å². The molecule has 20 heavy (non-hydrogen) atoms. The molecule has 1 aliphatic heterocycles. The molecule has 0 aromatic carbocycles. The van der Waals surface area contributed by atoms with Gasteiger partial charge in [0.2, 0.25) is 0 Å². The SMILES string of the molecule is CCN1CC(CC(=O)O)CC(NCC2CCCCC2)C1. The number of hydrogen-bond acceptors (Lipinski definition) is 3. The van der Waals surface area contributed by atoms with Gasteiger partial charge in [-0.25, -0.2) is 0 Å². The minimum absolute atomic E-state index is 0.310. The Labute approximate surface area is 122 Å². The monoisotopic (exact) mass is 282 g/mol. The zero-order valence-corrected chi connectivity index (χ0v) is 12.8. The van der Waals surface area contributed by atoms with Crippen LogP contribution in [0.25, 0.3) is 0 Å². The lowest BCUT2D eigenvalue weighted by molar-refractivity contribution is -0.138. The minimum Gasteiger partial charge on any atom is -0.481 e. The first-order valence-corrected chi connectivity index (χ1v) is 8.35. The van der Waals surface area contributed by atoms with Crippen LogP contribution in [0.2, 0.25) is 0 Å². The van der Waals surface area contributed by atoms with E-state index in [9.17, 15) is 4.79 Å². The third kappa shape index (κ3) is 5.06. The zero-order chi connectivity index (χ0) is 14.4. The molecule has 1 aliphatic carbocycles. The maximum atomic E-state index is 10.9. The quantitative estimate of drug-likeness (QED) is 0.785. The van der Waals surface area contributed by atoms with Crippen molar-refractivity contribution in [3.8, 4) is 0 Å². The number of carbonyl (C=O) groups is 1. The molecule has 2 rings (SSSR count). The minimum atomic E-state index is -0.654. The van der Waals surface area contributed by atoms with Gasteiger partial charge in [-0.05, 0) is 44.2 Å². The first-order valence-electron chi connectivity index (χ1n) is 8.35. The van der Waals surface area contributed by atoms with E-state index in [0.29, 0.717) is 18.4 Å². The van der Waals surface area contributed by atoms with Gasteiger partial charge in [-0.2, -0.15) is 0 Å². The number of likely N-dealkylation sites (N-methyl/N-ethyl adjacent to an activating group) is 1. The van der Waals surface area contributed by atoms with Gasteiger partial charge < -0.3 is 15.3 Å². The largest absolute Gasteiger partial charge is 0.481 e. The number of likely N-dealkylation sites (tertiary alicyclic amines) is 1. The maximum Gasteiger partial charge on any atom is 0.303 e. The van der Waals surface area contributed by atoms with Gasteiger partial charge in [-0.15, -0.1) is 0 Å². The van der Waals surface area contributed by atoms with Gasteiger partial charge in [0.25, 0.3) is 0 Å². The highest BCUT2D eigenvalue weighted by Gasteiger charge is 2.28. The molecule has 1 saturated carbocycles. The van der Waals surface area contributed by atoms with Crippen molar-refractivity contribution in [2.45, 2.75) is 57.9 Å². The summed E-state index contributed by atoms with van der Waals surface area (Å²) in [5, 5.41) is 12.7. The lowest BCUT2D eigenvalue weighted by atomic mass is 9.88. The molecular weight excluding hydrogens is 252 g/mol. The second-order valence-electron chi connectivity index (χ2n) is 6.66. The van der Waals surface area contributed by atoms with Crippen molar-refractivity contribution < 1.29 is 9.90 Å². The summed E-state index contributed by atoms with van der Waals surface area (Å²) >= 11 is 0. The summed E-state index contributed by atoms with van der Waals surface area (Å²) in [5.74, 6) is 0.503. The molecule has 0 amide bonds. The van der Waals surface area contributed by atoms with Crippen molar-refractivity contribution in [1.82, 2.24) is 10.2 Å². The molecule has 2 N–H and O–H groups in total. The Bertz CT molecular complexity index is 303. The summed E-state index contributed by atoms with van der Waals surface area (Å²) in [6.07, 6.45) is 8.27. The highest BCUT2D eigenvalue weighted by atomic mass is 16.4. The molecule has 4 nitrogen and oxygen atoms in total. The summed E-state index contributed by atoms with van der Waals surface area (Å²) in [7, 11) is 0. The summed E-state index contributed by atoms with van der Waals surface area (Å²) in [6, 6.07) is 0.481. The number of aliphatic carboxylic acids is 1. The molecule has 1 heterocycles. The normalized spacial score (nSPS) is 29.4. The Balaban J connectivity index is 1.77. The van der Waals surface area contributed by atoms with Crippen LogP contribution in [0.1, 0.15) is 51.9 Å². The van der Waals surface area contributed by atoms with Gasteiger partial charge in [-0.1, -0.05) is 26.2 Å². The molecule has 0 aromatic heterocycles. The van der Waals surface area contributed by atoms with Crippen molar-refractivity contribution >= 4 is 5.97 Å². The van der Waals surface area contributed by atoms with E-state index in [1.807, 2.05) is 0 Å². The number of carboxylic acids is 1. The molecular formula is C16H30N2O2. The standard InChI is InChI=1S/C16H30N2O2/c1-2-18-11-14(9-16(19)20)8-15(12-18)17-10-13-6-4-3-5-7-13/h13-15,17H,2-12H2,1H3,(H,19,20). The first-order chi connectivity index (χ1) is 9.67.